The zero-order valence-electron chi connectivity index (χ0n) is 16.7. The van der Waals surface area contributed by atoms with E-state index in [1.807, 2.05) is 51.2 Å². The predicted molar refractivity (Wildman–Crippen MR) is 105 cm³/mol. The summed E-state index contributed by atoms with van der Waals surface area (Å²) < 4.78 is 5.27. The lowest BCUT2D eigenvalue weighted by molar-refractivity contribution is -0.168. The first-order chi connectivity index (χ1) is 12.1. The molecule has 4 nitrogen and oxygen atoms in total. The van der Waals surface area contributed by atoms with Gasteiger partial charge in [-0.1, -0.05) is 42.9 Å². The van der Waals surface area contributed by atoms with Gasteiger partial charge in [0.1, 0.15) is 5.76 Å². The van der Waals surface area contributed by atoms with Crippen LogP contribution in [0.25, 0.3) is 0 Å². The summed E-state index contributed by atoms with van der Waals surface area (Å²) in [7, 11) is 0. The zero-order chi connectivity index (χ0) is 19.9. The van der Waals surface area contributed by atoms with Gasteiger partial charge in [-0.25, -0.2) is 0 Å². The minimum absolute atomic E-state index is 0.0647. The van der Waals surface area contributed by atoms with Crippen molar-refractivity contribution in [1.29, 1.82) is 0 Å². The summed E-state index contributed by atoms with van der Waals surface area (Å²) in [5, 5.41) is 19.9. The molecular formula is C22H32O4. The molecule has 0 aliphatic carbocycles. The summed E-state index contributed by atoms with van der Waals surface area (Å²) >= 11 is 0. The number of ketones is 1. The molecule has 2 N–H and O–H groups in total. The van der Waals surface area contributed by atoms with E-state index in [1.54, 1.807) is 13.0 Å². The standard InChI is InChI=1S/C22H32O4/c1-7-16(3)20(23)17(4)13-10-12-15(2)11-8-9-14-19-18(5)21(24)22(6,25)26-19/h7,9-10,12-14,17,20,23,25H,8,11H2,1-6H3/b13-10+,14-9+,15-12+,16-7+/t17-,20+,22+/m1/s1. The molecule has 0 saturated heterocycles. The second kappa shape index (κ2) is 9.70. The number of carbonyl (C=O) groups excluding carboxylic acids is 1. The molecule has 1 aliphatic rings. The molecule has 26 heavy (non-hydrogen) atoms. The molecule has 0 radical (unpaired) electrons. The van der Waals surface area contributed by atoms with Gasteiger partial charge in [-0.2, -0.15) is 0 Å². The molecular weight excluding hydrogens is 328 g/mol. The van der Waals surface area contributed by atoms with E-state index in [1.165, 1.54) is 12.5 Å². The van der Waals surface area contributed by atoms with Crippen molar-refractivity contribution >= 4 is 5.78 Å². The Bertz CT molecular complexity index is 660. The van der Waals surface area contributed by atoms with Gasteiger partial charge in [-0.05, 0) is 52.2 Å². The average molecular weight is 360 g/mol. The van der Waals surface area contributed by atoms with Crippen molar-refractivity contribution in [3.63, 3.8) is 0 Å². The van der Waals surface area contributed by atoms with Gasteiger partial charge in [-0.15, -0.1) is 0 Å². The molecule has 0 bridgehead atoms. The fraction of sp³-hybridized carbons (Fsp3) is 0.500. The number of hydrogen-bond acceptors (Lipinski definition) is 4. The van der Waals surface area contributed by atoms with Crippen LogP contribution in [-0.4, -0.2) is 27.9 Å². The van der Waals surface area contributed by atoms with Gasteiger partial charge in [0, 0.05) is 18.4 Å². The van der Waals surface area contributed by atoms with Gasteiger partial charge in [0.2, 0.25) is 5.78 Å². The van der Waals surface area contributed by atoms with Crippen molar-refractivity contribution in [3.05, 3.63) is 58.9 Å². The van der Waals surface area contributed by atoms with Gasteiger partial charge in [0.25, 0.3) is 5.79 Å². The highest BCUT2D eigenvalue weighted by Crippen LogP contribution is 2.29. The maximum atomic E-state index is 11.8. The van der Waals surface area contributed by atoms with E-state index in [4.69, 9.17) is 4.74 Å². The molecule has 0 aromatic heterocycles. The van der Waals surface area contributed by atoms with Crippen molar-refractivity contribution in [2.75, 3.05) is 0 Å². The highest BCUT2D eigenvalue weighted by molar-refractivity contribution is 6.02. The zero-order valence-corrected chi connectivity index (χ0v) is 16.7. The number of Topliss-reactive ketones (excluding diaryl/α,β-unsaturated/α-hetero) is 1. The number of hydrogen-bond donors (Lipinski definition) is 2. The fourth-order valence-corrected chi connectivity index (χ4v) is 2.63. The molecule has 3 atom stereocenters. The van der Waals surface area contributed by atoms with Gasteiger partial charge < -0.3 is 14.9 Å². The van der Waals surface area contributed by atoms with Crippen LogP contribution in [0.1, 0.15) is 54.4 Å². The molecule has 0 spiro atoms. The Morgan fingerprint density at radius 2 is 2.00 bits per heavy atom. The highest BCUT2D eigenvalue weighted by atomic mass is 16.6. The minimum Gasteiger partial charge on any atom is -0.455 e. The van der Waals surface area contributed by atoms with E-state index < -0.39 is 11.9 Å². The fourth-order valence-electron chi connectivity index (χ4n) is 2.63. The van der Waals surface area contributed by atoms with Gasteiger partial charge in [0.15, 0.2) is 0 Å². The van der Waals surface area contributed by atoms with Crippen molar-refractivity contribution in [1.82, 2.24) is 0 Å². The third-order valence-corrected chi connectivity index (χ3v) is 4.63. The van der Waals surface area contributed by atoms with Crippen molar-refractivity contribution in [2.24, 2.45) is 5.92 Å². The third kappa shape index (κ3) is 6.11. The average Bonchev–Trinajstić information content (AvgIpc) is 2.79. The van der Waals surface area contributed by atoms with Gasteiger partial charge in [-0.3, -0.25) is 4.79 Å². The second-order valence-corrected chi connectivity index (χ2v) is 7.08. The van der Waals surface area contributed by atoms with Crippen molar-refractivity contribution in [3.8, 4) is 0 Å². The van der Waals surface area contributed by atoms with Crippen LogP contribution in [0.15, 0.2) is 58.9 Å². The van der Waals surface area contributed by atoms with E-state index in [9.17, 15) is 15.0 Å². The lowest BCUT2D eigenvalue weighted by Gasteiger charge is -2.15. The molecule has 1 heterocycles. The summed E-state index contributed by atoms with van der Waals surface area (Å²) in [5.74, 6) is -1.63. The Labute approximate surface area is 157 Å². The van der Waals surface area contributed by atoms with Crippen LogP contribution in [0.3, 0.4) is 0 Å². The van der Waals surface area contributed by atoms with E-state index in [0.717, 1.165) is 18.4 Å². The topological polar surface area (TPSA) is 66.8 Å². The van der Waals surface area contributed by atoms with Gasteiger partial charge >= 0.3 is 0 Å². The summed E-state index contributed by atoms with van der Waals surface area (Å²) in [6.07, 6.45) is 12.9. The molecule has 0 aromatic carbocycles. The Morgan fingerprint density at radius 1 is 1.35 bits per heavy atom. The largest absolute Gasteiger partial charge is 0.455 e. The molecule has 0 amide bonds. The predicted octanol–water partition coefficient (Wildman–Crippen LogP) is 4.37. The monoisotopic (exact) mass is 360 g/mol. The Balaban J connectivity index is 2.50. The molecule has 0 saturated carbocycles. The number of carbonyl (C=O) groups is 1. The Morgan fingerprint density at radius 3 is 2.54 bits per heavy atom. The number of aliphatic hydroxyl groups excluding tert-OH is 1. The van der Waals surface area contributed by atoms with Crippen molar-refractivity contribution in [2.45, 2.75) is 66.3 Å². The molecule has 0 fully saturated rings. The normalized spacial score (nSPS) is 24.7. The Kier molecular flexibility index (Phi) is 8.25. The Hall–Kier alpha value is -1.91. The molecule has 144 valence electrons. The lowest BCUT2D eigenvalue weighted by atomic mass is 9.97. The second-order valence-electron chi connectivity index (χ2n) is 7.08. The molecule has 0 unspecified atom stereocenters. The number of allylic oxidation sites excluding steroid dienone is 6. The first-order valence-electron chi connectivity index (χ1n) is 9.08. The van der Waals surface area contributed by atoms with Crippen LogP contribution >= 0.6 is 0 Å². The number of aliphatic hydroxyl groups is 2. The van der Waals surface area contributed by atoms with Crippen LogP contribution in [0.2, 0.25) is 0 Å². The van der Waals surface area contributed by atoms with Crippen LogP contribution in [-0.2, 0) is 9.53 Å². The molecule has 1 rings (SSSR count). The molecule has 1 aliphatic heterocycles. The quantitative estimate of drug-likeness (QED) is 0.498. The van der Waals surface area contributed by atoms with Crippen molar-refractivity contribution < 1.29 is 19.7 Å². The third-order valence-electron chi connectivity index (χ3n) is 4.63. The van der Waals surface area contributed by atoms with E-state index in [2.05, 4.69) is 6.92 Å². The van der Waals surface area contributed by atoms with Crippen LogP contribution in [0.4, 0.5) is 0 Å². The summed E-state index contributed by atoms with van der Waals surface area (Å²) in [6.45, 7) is 10.9. The minimum atomic E-state index is -1.74. The smallest absolute Gasteiger partial charge is 0.269 e. The number of ether oxygens (including phenoxy) is 1. The van der Waals surface area contributed by atoms with E-state index in [-0.39, 0.29) is 11.7 Å². The SMILES string of the molecule is C/C=C(\C)[C@H](O)[C@H](C)/C=C/C=C(\C)CC/C=C/C1=C(C)C(=O)[C@@](C)(O)O1. The molecule has 0 aromatic rings. The van der Waals surface area contributed by atoms with Crippen LogP contribution < -0.4 is 0 Å². The van der Waals surface area contributed by atoms with E-state index >= 15 is 0 Å². The van der Waals surface area contributed by atoms with Crippen LogP contribution in [0.5, 0.6) is 0 Å². The van der Waals surface area contributed by atoms with E-state index in [0.29, 0.717) is 11.3 Å². The number of rotatable bonds is 8. The van der Waals surface area contributed by atoms with Crippen LogP contribution in [0, 0.1) is 5.92 Å². The first kappa shape index (κ1) is 22.1. The summed E-state index contributed by atoms with van der Waals surface area (Å²) in [4.78, 5) is 11.8. The van der Waals surface area contributed by atoms with Gasteiger partial charge in [0.05, 0.1) is 6.10 Å². The highest BCUT2D eigenvalue weighted by Gasteiger charge is 2.41. The maximum absolute atomic E-state index is 11.8. The molecule has 4 heteroatoms. The summed E-state index contributed by atoms with van der Waals surface area (Å²) in [6, 6.07) is 0. The lowest BCUT2D eigenvalue weighted by Crippen LogP contribution is -2.32. The maximum Gasteiger partial charge on any atom is 0.269 e. The summed E-state index contributed by atoms with van der Waals surface area (Å²) in [5.41, 5.74) is 2.64. The first-order valence-corrected chi connectivity index (χ1v) is 9.08.